The van der Waals surface area contributed by atoms with E-state index in [-0.39, 0.29) is 16.5 Å². The molecule has 7 heteroatoms. The van der Waals surface area contributed by atoms with E-state index in [2.05, 4.69) is 15.9 Å². The summed E-state index contributed by atoms with van der Waals surface area (Å²) in [7, 11) is -0.166. The van der Waals surface area contributed by atoms with Crippen LogP contribution in [0.15, 0.2) is 51.8 Å². The maximum absolute atomic E-state index is 13.8. The van der Waals surface area contributed by atoms with Gasteiger partial charge >= 0.3 is 0 Å². The predicted molar refractivity (Wildman–Crippen MR) is 95.5 cm³/mol. The number of benzene rings is 2. The van der Waals surface area contributed by atoms with Crippen molar-refractivity contribution in [3.05, 3.63) is 58.3 Å². The van der Waals surface area contributed by atoms with Crippen molar-refractivity contribution in [2.24, 2.45) is 0 Å². The lowest BCUT2D eigenvalue weighted by Crippen LogP contribution is -2.25. The molecule has 0 aromatic heterocycles. The van der Waals surface area contributed by atoms with Gasteiger partial charge in [0.05, 0.1) is 17.8 Å². The minimum Gasteiger partial charge on any atom is -0.497 e. The number of rotatable bonds is 7. The predicted octanol–water partition coefficient (Wildman–Crippen LogP) is 3.50. The summed E-state index contributed by atoms with van der Waals surface area (Å²) >= 11 is 3.31. The number of halogens is 2. The van der Waals surface area contributed by atoms with E-state index in [4.69, 9.17) is 4.74 Å². The summed E-state index contributed by atoms with van der Waals surface area (Å²) < 4.78 is 44.4. The van der Waals surface area contributed by atoms with Crippen LogP contribution in [0, 0.1) is 5.82 Å². The second-order valence-electron chi connectivity index (χ2n) is 5.47. The first-order chi connectivity index (χ1) is 11.3. The Morgan fingerprint density at radius 3 is 2.67 bits per heavy atom. The van der Waals surface area contributed by atoms with E-state index in [1.165, 1.54) is 19.2 Å². The van der Waals surface area contributed by atoms with Crippen LogP contribution in [0.2, 0.25) is 0 Å². The molecular formula is C17H19BrFNO3S. The quantitative estimate of drug-likeness (QED) is 0.693. The van der Waals surface area contributed by atoms with Crippen molar-refractivity contribution in [2.45, 2.75) is 11.4 Å². The molecule has 0 spiro atoms. The number of sulfone groups is 1. The fourth-order valence-corrected chi connectivity index (χ4v) is 4.00. The van der Waals surface area contributed by atoms with Gasteiger partial charge in [0.2, 0.25) is 0 Å². The van der Waals surface area contributed by atoms with Gasteiger partial charge in [-0.3, -0.25) is 0 Å². The summed E-state index contributed by atoms with van der Waals surface area (Å²) in [6.07, 6.45) is 0. The van der Waals surface area contributed by atoms with Crippen molar-refractivity contribution < 1.29 is 17.5 Å². The fraction of sp³-hybridized carbons (Fsp3) is 0.294. The van der Waals surface area contributed by atoms with Crippen molar-refractivity contribution >= 4 is 25.8 Å². The van der Waals surface area contributed by atoms with E-state index < -0.39 is 9.84 Å². The maximum Gasteiger partial charge on any atom is 0.179 e. The molecule has 0 fully saturated rings. The second-order valence-corrected chi connectivity index (χ2v) is 8.50. The molecule has 0 radical (unpaired) electrons. The van der Waals surface area contributed by atoms with Gasteiger partial charge in [0.1, 0.15) is 11.6 Å². The summed E-state index contributed by atoms with van der Waals surface area (Å²) in [5.41, 5.74) is 0.519. The molecule has 0 bridgehead atoms. The standard InChI is InChI=1S/C17H19BrFNO3S/c1-20(12-13-10-14(18)6-7-17(13)19)8-9-24(21,22)16-5-3-4-15(11-16)23-2/h3-7,10-11H,8-9,12H2,1-2H3. The van der Waals surface area contributed by atoms with Gasteiger partial charge in [0.25, 0.3) is 0 Å². The van der Waals surface area contributed by atoms with Crippen molar-refractivity contribution in [1.82, 2.24) is 4.90 Å². The minimum atomic E-state index is -3.42. The number of hydrogen-bond acceptors (Lipinski definition) is 4. The van der Waals surface area contributed by atoms with E-state index in [1.807, 2.05) is 0 Å². The topological polar surface area (TPSA) is 46.6 Å². The van der Waals surface area contributed by atoms with Gasteiger partial charge in [0.15, 0.2) is 9.84 Å². The second kappa shape index (κ2) is 8.09. The molecule has 0 saturated carbocycles. The number of methoxy groups -OCH3 is 1. The van der Waals surface area contributed by atoms with Crippen LogP contribution in [-0.4, -0.2) is 39.8 Å². The molecule has 2 aromatic carbocycles. The Morgan fingerprint density at radius 1 is 1.21 bits per heavy atom. The first-order valence-electron chi connectivity index (χ1n) is 7.31. The zero-order chi connectivity index (χ0) is 17.7. The highest BCUT2D eigenvalue weighted by atomic mass is 79.9. The maximum atomic E-state index is 13.8. The van der Waals surface area contributed by atoms with Crippen LogP contribution in [0.3, 0.4) is 0 Å². The van der Waals surface area contributed by atoms with E-state index in [0.717, 1.165) is 4.47 Å². The fourth-order valence-electron chi connectivity index (χ4n) is 2.22. The van der Waals surface area contributed by atoms with Crippen LogP contribution < -0.4 is 4.74 Å². The lowest BCUT2D eigenvalue weighted by atomic mass is 10.2. The van der Waals surface area contributed by atoms with Crippen LogP contribution in [0.25, 0.3) is 0 Å². The molecule has 0 atom stereocenters. The smallest absolute Gasteiger partial charge is 0.179 e. The van der Waals surface area contributed by atoms with Crippen LogP contribution in [0.5, 0.6) is 5.75 Å². The molecule has 130 valence electrons. The van der Waals surface area contributed by atoms with E-state index in [1.54, 1.807) is 42.3 Å². The molecule has 0 aliphatic heterocycles. The van der Waals surface area contributed by atoms with E-state index in [9.17, 15) is 12.8 Å². The molecule has 4 nitrogen and oxygen atoms in total. The Balaban J connectivity index is 2.02. The lowest BCUT2D eigenvalue weighted by molar-refractivity contribution is 0.339. The average molecular weight is 416 g/mol. The van der Waals surface area contributed by atoms with Gasteiger partial charge in [-0.1, -0.05) is 22.0 Å². The highest BCUT2D eigenvalue weighted by molar-refractivity contribution is 9.10. The number of nitrogens with zero attached hydrogens (tertiary/aromatic N) is 1. The third-order valence-electron chi connectivity index (χ3n) is 3.59. The molecular weight excluding hydrogens is 397 g/mol. The molecule has 0 heterocycles. The Labute approximate surface area is 150 Å². The number of hydrogen-bond donors (Lipinski definition) is 0. The van der Waals surface area contributed by atoms with Crippen LogP contribution in [0.4, 0.5) is 4.39 Å². The Bertz CT molecular complexity index is 811. The lowest BCUT2D eigenvalue weighted by Gasteiger charge is -2.17. The molecule has 0 saturated heterocycles. The average Bonchev–Trinajstić information content (AvgIpc) is 2.56. The van der Waals surface area contributed by atoms with Crippen LogP contribution >= 0.6 is 15.9 Å². The van der Waals surface area contributed by atoms with Crippen LogP contribution in [-0.2, 0) is 16.4 Å². The zero-order valence-electron chi connectivity index (χ0n) is 13.5. The van der Waals surface area contributed by atoms with Crippen LogP contribution in [0.1, 0.15) is 5.56 Å². The van der Waals surface area contributed by atoms with Gasteiger partial charge in [-0.2, -0.15) is 0 Å². The molecule has 0 unspecified atom stereocenters. The highest BCUT2D eigenvalue weighted by Crippen LogP contribution is 2.19. The summed E-state index contributed by atoms with van der Waals surface area (Å²) in [6, 6.07) is 11.1. The van der Waals surface area contributed by atoms with Crippen molar-refractivity contribution in [3.8, 4) is 5.75 Å². The number of ether oxygens (including phenoxy) is 1. The molecule has 0 aliphatic carbocycles. The first kappa shape index (κ1) is 18.9. The largest absolute Gasteiger partial charge is 0.497 e. The Hall–Kier alpha value is -1.44. The normalized spacial score (nSPS) is 11.7. The zero-order valence-corrected chi connectivity index (χ0v) is 15.9. The summed E-state index contributed by atoms with van der Waals surface area (Å²) in [6.45, 7) is 0.629. The van der Waals surface area contributed by atoms with E-state index >= 15 is 0 Å². The van der Waals surface area contributed by atoms with Gasteiger partial charge < -0.3 is 9.64 Å². The van der Waals surface area contributed by atoms with Crippen molar-refractivity contribution in [1.29, 1.82) is 0 Å². The van der Waals surface area contributed by atoms with E-state index in [0.29, 0.717) is 24.4 Å². The monoisotopic (exact) mass is 415 g/mol. The Morgan fingerprint density at radius 2 is 1.96 bits per heavy atom. The third-order valence-corrected chi connectivity index (χ3v) is 5.78. The molecule has 0 N–H and O–H groups in total. The molecule has 0 aliphatic rings. The third kappa shape index (κ3) is 5.03. The molecule has 24 heavy (non-hydrogen) atoms. The SMILES string of the molecule is COc1cccc(S(=O)(=O)CCN(C)Cc2cc(Br)ccc2F)c1. The van der Waals surface area contributed by atoms with Gasteiger partial charge in [-0.05, 0) is 43.4 Å². The first-order valence-corrected chi connectivity index (χ1v) is 9.75. The Kier molecular flexibility index (Phi) is 6.37. The van der Waals surface area contributed by atoms with Gasteiger partial charge in [-0.15, -0.1) is 0 Å². The minimum absolute atomic E-state index is 0.0493. The van der Waals surface area contributed by atoms with Crippen molar-refractivity contribution in [2.75, 3.05) is 26.5 Å². The molecule has 0 amide bonds. The summed E-state index contributed by atoms with van der Waals surface area (Å²) in [4.78, 5) is 2.01. The highest BCUT2D eigenvalue weighted by Gasteiger charge is 2.16. The summed E-state index contributed by atoms with van der Waals surface area (Å²) in [5.74, 6) is 0.146. The molecule has 2 aromatic rings. The van der Waals surface area contributed by atoms with Crippen molar-refractivity contribution in [3.63, 3.8) is 0 Å². The van der Waals surface area contributed by atoms with Gasteiger partial charge in [-0.25, -0.2) is 12.8 Å². The molecule has 2 rings (SSSR count). The van der Waals surface area contributed by atoms with Gasteiger partial charge in [0, 0.05) is 23.1 Å². The summed E-state index contributed by atoms with van der Waals surface area (Å²) in [5, 5.41) is 0.